The maximum Gasteiger partial charge on any atom is 0.406 e. The van der Waals surface area contributed by atoms with Gasteiger partial charge in [-0.05, 0) is 74.8 Å². The number of primary sulfonamides is 1. The summed E-state index contributed by atoms with van der Waals surface area (Å²) in [5.74, 6) is 5.58. The molecule has 4 N–H and O–H groups in total. The van der Waals surface area contributed by atoms with Gasteiger partial charge in [-0.15, -0.1) is 0 Å². The molecular weight excluding hydrogens is 638 g/mol. The van der Waals surface area contributed by atoms with E-state index in [0.717, 1.165) is 76.6 Å². The lowest BCUT2D eigenvalue weighted by atomic mass is 9.71. The maximum absolute atomic E-state index is 13.7. The van der Waals surface area contributed by atoms with Crippen LogP contribution in [-0.4, -0.2) is 75.9 Å². The van der Waals surface area contributed by atoms with Gasteiger partial charge in [0.25, 0.3) is 0 Å². The highest BCUT2D eigenvalue weighted by atomic mass is 32.2. The Morgan fingerprint density at radius 1 is 1.04 bits per heavy atom. The molecule has 3 fully saturated rings. The SMILES string of the molecule is NS(=O)(=O)c1ccc(NCC#Cc2cc3c(N[C@H]4CC[C@@H](N5CC6(CCOCC6)C5)CC4)cccc3n2CC(F)(F)F)c(OCF)c1. The normalized spacial score (nSPS) is 21.6. The van der Waals surface area contributed by atoms with E-state index < -0.39 is 29.6 Å². The summed E-state index contributed by atoms with van der Waals surface area (Å²) in [7, 11) is -4.04. The Morgan fingerprint density at radius 3 is 2.47 bits per heavy atom. The Labute approximate surface area is 271 Å². The second-order valence-electron chi connectivity index (χ2n) is 12.7. The number of nitrogens with zero attached hydrogens (tertiary/aromatic N) is 2. The Hall–Kier alpha value is -3.51. The number of hydrogen-bond acceptors (Lipinski definition) is 7. The van der Waals surface area contributed by atoms with E-state index in [4.69, 9.17) is 14.6 Å². The van der Waals surface area contributed by atoms with E-state index in [-0.39, 0.29) is 34.6 Å². The molecular formula is C33H39F4N5O4S. The van der Waals surface area contributed by atoms with Gasteiger partial charge in [0.1, 0.15) is 12.3 Å². The van der Waals surface area contributed by atoms with E-state index in [1.165, 1.54) is 16.7 Å². The third-order valence-electron chi connectivity index (χ3n) is 9.56. The first-order chi connectivity index (χ1) is 22.4. The summed E-state index contributed by atoms with van der Waals surface area (Å²) >= 11 is 0. The summed E-state index contributed by atoms with van der Waals surface area (Å²) in [6.45, 7) is 1.59. The van der Waals surface area contributed by atoms with Crippen molar-refractivity contribution in [3.63, 3.8) is 0 Å². The van der Waals surface area contributed by atoms with Crippen LogP contribution in [0.15, 0.2) is 47.4 Å². The molecule has 0 atom stereocenters. The second kappa shape index (κ2) is 13.5. The monoisotopic (exact) mass is 677 g/mol. The first-order valence-corrected chi connectivity index (χ1v) is 17.3. The number of fused-ring (bicyclic) bond motifs is 1. The van der Waals surface area contributed by atoms with Crippen LogP contribution in [0.5, 0.6) is 5.75 Å². The lowest BCUT2D eigenvalue weighted by Crippen LogP contribution is -2.62. The highest BCUT2D eigenvalue weighted by molar-refractivity contribution is 7.89. The van der Waals surface area contributed by atoms with Crippen LogP contribution < -0.4 is 20.5 Å². The molecule has 3 heterocycles. The standard InChI is InChI=1S/C33H39F4N5O4S/c34-22-46-31-18-26(47(38,43)44)10-11-29(31)39-14-2-3-25-17-27-28(4-1-5-30(27)42(25)21-33(35,36)37)40-23-6-8-24(9-7-23)41-19-32(20-41)12-15-45-16-13-32/h1,4-5,10-11,17-18,23-24,39-40H,6-9,12-16,19-22H2,(H2,38,43,44)/t23-,24+. The molecule has 1 saturated carbocycles. The van der Waals surface area contributed by atoms with Crippen molar-refractivity contribution in [3.8, 4) is 17.6 Å². The van der Waals surface area contributed by atoms with Crippen molar-refractivity contribution < 1.29 is 35.5 Å². The van der Waals surface area contributed by atoms with Crippen molar-refractivity contribution in [2.75, 3.05) is 50.3 Å². The largest absolute Gasteiger partial charge is 0.461 e. The van der Waals surface area contributed by atoms with Crippen LogP contribution in [0.4, 0.5) is 28.9 Å². The number of sulfonamides is 1. The number of hydrogen-bond donors (Lipinski definition) is 3. The Balaban J connectivity index is 1.14. The minimum Gasteiger partial charge on any atom is -0.461 e. The van der Waals surface area contributed by atoms with Crippen molar-refractivity contribution in [1.29, 1.82) is 0 Å². The fourth-order valence-corrected chi connectivity index (χ4v) is 7.67. The van der Waals surface area contributed by atoms with Gasteiger partial charge in [0.15, 0.2) is 0 Å². The van der Waals surface area contributed by atoms with Crippen LogP contribution in [-0.2, 0) is 21.3 Å². The summed E-state index contributed by atoms with van der Waals surface area (Å²) in [6, 6.07) is 11.5. The van der Waals surface area contributed by atoms with Crippen LogP contribution in [0.1, 0.15) is 44.2 Å². The zero-order chi connectivity index (χ0) is 33.2. The molecule has 47 heavy (non-hydrogen) atoms. The number of nitrogens with two attached hydrogens (primary N) is 1. The molecule has 0 bridgehead atoms. The van der Waals surface area contributed by atoms with Crippen LogP contribution >= 0.6 is 0 Å². The lowest BCUT2D eigenvalue weighted by molar-refractivity contribution is -0.140. The van der Waals surface area contributed by atoms with Crippen LogP contribution in [0.25, 0.3) is 10.9 Å². The van der Waals surface area contributed by atoms with E-state index in [0.29, 0.717) is 22.4 Å². The summed E-state index contributed by atoms with van der Waals surface area (Å²) < 4.78 is 88.9. The molecule has 1 spiro atoms. The number of anilines is 2. The molecule has 9 nitrogen and oxygen atoms in total. The van der Waals surface area contributed by atoms with Crippen molar-refractivity contribution >= 4 is 32.3 Å². The number of rotatable bonds is 9. The molecule has 2 saturated heterocycles. The molecule has 0 radical (unpaired) electrons. The molecule has 6 rings (SSSR count). The summed E-state index contributed by atoms with van der Waals surface area (Å²) in [5, 5.41) is 12.3. The lowest BCUT2D eigenvalue weighted by Gasteiger charge is -2.56. The topological polar surface area (TPSA) is 111 Å². The van der Waals surface area contributed by atoms with E-state index in [2.05, 4.69) is 27.4 Å². The van der Waals surface area contributed by atoms with E-state index in [9.17, 15) is 26.0 Å². The van der Waals surface area contributed by atoms with Gasteiger partial charge in [-0.25, -0.2) is 17.9 Å². The Morgan fingerprint density at radius 2 is 1.79 bits per heavy atom. The van der Waals surface area contributed by atoms with Gasteiger partial charge < -0.3 is 24.7 Å². The summed E-state index contributed by atoms with van der Waals surface area (Å²) in [4.78, 5) is 2.36. The van der Waals surface area contributed by atoms with E-state index in [1.54, 1.807) is 18.2 Å². The number of likely N-dealkylation sites (tertiary alicyclic amines) is 1. The molecule has 2 aliphatic heterocycles. The fraction of sp³-hybridized carbons (Fsp3) is 0.515. The number of aromatic nitrogens is 1. The van der Waals surface area contributed by atoms with Crippen molar-refractivity contribution in [3.05, 3.63) is 48.2 Å². The Kier molecular flexibility index (Phi) is 9.62. The zero-order valence-electron chi connectivity index (χ0n) is 25.9. The highest BCUT2D eigenvalue weighted by Gasteiger charge is 2.46. The number of halogens is 4. The zero-order valence-corrected chi connectivity index (χ0v) is 26.7. The quantitative estimate of drug-likeness (QED) is 0.204. The minimum atomic E-state index is -4.47. The van der Waals surface area contributed by atoms with Gasteiger partial charge in [0, 0.05) is 60.9 Å². The van der Waals surface area contributed by atoms with Crippen molar-refractivity contribution in [2.24, 2.45) is 10.6 Å². The molecule has 2 aromatic carbocycles. The summed E-state index contributed by atoms with van der Waals surface area (Å²) in [6.07, 6.45) is 1.98. The van der Waals surface area contributed by atoms with Gasteiger partial charge >= 0.3 is 6.18 Å². The number of nitrogens with one attached hydrogen (secondary N) is 2. The average Bonchev–Trinajstić information content (AvgIpc) is 3.35. The number of alkyl halides is 4. The van der Waals surface area contributed by atoms with E-state index in [1.807, 2.05) is 6.07 Å². The molecule has 1 aliphatic carbocycles. The molecule has 254 valence electrons. The van der Waals surface area contributed by atoms with Crippen LogP contribution in [0.3, 0.4) is 0 Å². The van der Waals surface area contributed by atoms with Gasteiger partial charge in [-0.1, -0.05) is 12.0 Å². The first-order valence-electron chi connectivity index (χ1n) is 15.8. The third-order valence-corrected chi connectivity index (χ3v) is 10.5. The molecule has 0 unspecified atom stereocenters. The number of benzene rings is 2. The van der Waals surface area contributed by atoms with E-state index >= 15 is 0 Å². The Bertz CT molecular complexity index is 1750. The van der Waals surface area contributed by atoms with Gasteiger partial charge in [-0.2, -0.15) is 13.2 Å². The predicted molar refractivity (Wildman–Crippen MR) is 172 cm³/mol. The molecule has 0 amide bonds. The van der Waals surface area contributed by atoms with Crippen LogP contribution in [0.2, 0.25) is 0 Å². The minimum absolute atomic E-state index is 0.0365. The average molecular weight is 678 g/mol. The first kappa shape index (κ1) is 33.4. The molecule has 1 aromatic heterocycles. The smallest absolute Gasteiger partial charge is 0.406 e. The number of ether oxygens (including phenoxy) is 2. The maximum atomic E-state index is 13.7. The van der Waals surface area contributed by atoms with Crippen molar-refractivity contribution in [2.45, 2.75) is 68.2 Å². The van der Waals surface area contributed by atoms with Gasteiger partial charge in [-0.3, -0.25) is 4.90 Å². The third kappa shape index (κ3) is 7.80. The molecule has 3 aromatic rings. The second-order valence-corrected chi connectivity index (χ2v) is 14.3. The van der Waals surface area contributed by atoms with Gasteiger partial charge in [0.2, 0.25) is 16.9 Å². The predicted octanol–water partition coefficient (Wildman–Crippen LogP) is 5.46. The summed E-state index contributed by atoms with van der Waals surface area (Å²) in [5.41, 5.74) is 2.09. The molecule has 3 aliphatic rings. The highest BCUT2D eigenvalue weighted by Crippen LogP contribution is 2.43. The van der Waals surface area contributed by atoms with Crippen LogP contribution in [0, 0.1) is 17.3 Å². The van der Waals surface area contributed by atoms with Gasteiger partial charge in [0.05, 0.1) is 28.3 Å². The molecule has 14 heteroatoms. The van der Waals surface area contributed by atoms with Crippen molar-refractivity contribution in [1.82, 2.24) is 9.47 Å². The fourth-order valence-electron chi connectivity index (χ4n) is 7.14.